The minimum atomic E-state index is 0.649. The maximum atomic E-state index is 5.72. The standard InChI is InChI=1S/C12H16N4S/c1-15-4-6-16(7-5-15)9-2-3-11-10(8-9)14-12(13)17-11/h2-3,8H,4-7H2,1H3,(H2,13,14). The van der Waals surface area contributed by atoms with Crippen LogP contribution in [0.3, 0.4) is 0 Å². The molecule has 0 atom stereocenters. The highest BCUT2D eigenvalue weighted by molar-refractivity contribution is 7.22. The molecule has 0 spiro atoms. The Labute approximate surface area is 105 Å². The predicted octanol–water partition coefficient (Wildman–Crippen LogP) is 1.63. The van der Waals surface area contributed by atoms with Crippen molar-refractivity contribution >= 4 is 32.4 Å². The lowest BCUT2D eigenvalue weighted by Crippen LogP contribution is -2.44. The van der Waals surface area contributed by atoms with E-state index in [4.69, 9.17) is 5.73 Å². The van der Waals surface area contributed by atoms with Gasteiger partial charge < -0.3 is 15.5 Å². The molecule has 1 aromatic heterocycles. The van der Waals surface area contributed by atoms with Gasteiger partial charge in [0.05, 0.1) is 10.2 Å². The molecule has 3 rings (SSSR count). The first-order valence-electron chi connectivity index (χ1n) is 5.82. The molecular formula is C12H16N4S. The molecular weight excluding hydrogens is 232 g/mol. The summed E-state index contributed by atoms with van der Waals surface area (Å²) in [6.45, 7) is 4.41. The molecule has 1 saturated heterocycles. The van der Waals surface area contributed by atoms with E-state index in [1.54, 1.807) is 11.3 Å². The highest BCUT2D eigenvalue weighted by atomic mass is 32.1. The average Bonchev–Trinajstić information content (AvgIpc) is 2.69. The quantitative estimate of drug-likeness (QED) is 0.833. The van der Waals surface area contributed by atoms with Gasteiger partial charge in [0.2, 0.25) is 0 Å². The van der Waals surface area contributed by atoms with Crippen molar-refractivity contribution in [3.8, 4) is 0 Å². The van der Waals surface area contributed by atoms with E-state index in [1.807, 2.05) is 0 Å². The van der Waals surface area contributed by atoms with E-state index in [2.05, 4.69) is 40.0 Å². The molecule has 1 aliphatic rings. The lowest BCUT2D eigenvalue weighted by Gasteiger charge is -2.34. The largest absolute Gasteiger partial charge is 0.375 e. The molecule has 90 valence electrons. The number of rotatable bonds is 1. The van der Waals surface area contributed by atoms with Crippen LogP contribution in [0.4, 0.5) is 10.8 Å². The van der Waals surface area contributed by atoms with Gasteiger partial charge in [-0.05, 0) is 25.2 Å². The monoisotopic (exact) mass is 248 g/mol. The summed E-state index contributed by atoms with van der Waals surface area (Å²) in [5.74, 6) is 0. The number of likely N-dealkylation sites (N-methyl/N-ethyl adjacent to an activating group) is 1. The number of nitrogens with two attached hydrogens (primary N) is 1. The summed E-state index contributed by atoms with van der Waals surface area (Å²) in [6, 6.07) is 6.44. The van der Waals surface area contributed by atoms with Crippen LogP contribution in [0, 0.1) is 0 Å². The van der Waals surface area contributed by atoms with Crippen molar-refractivity contribution in [2.24, 2.45) is 0 Å². The van der Waals surface area contributed by atoms with Crippen LogP contribution in [0.15, 0.2) is 18.2 Å². The number of nitrogens with zero attached hydrogens (tertiary/aromatic N) is 3. The van der Waals surface area contributed by atoms with E-state index in [-0.39, 0.29) is 0 Å². The molecule has 1 aromatic carbocycles. The summed E-state index contributed by atoms with van der Waals surface area (Å²) in [5, 5.41) is 0.649. The van der Waals surface area contributed by atoms with Crippen molar-refractivity contribution in [2.75, 3.05) is 43.9 Å². The summed E-state index contributed by atoms with van der Waals surface area (Å²) in [7, 11) is 2.17. The number of nitrogen functional groups attached to an aromatic ring is 1. The fourth-order valence-electron chi connectivity index (χ4n) is 2.19. The molecule has 4 nitrogen and oxygen atoms in total. The zero-order valence-corrected chi connectivity index (χ0v) is 10.7. The number of benzene rings is 1. The molecule has 0 radical (unpaired) electrons. The van der Waals surface area contributed by atoms with Crippen LogP contribution in [0.1, 0.15) is 0 Å². The number of anilines is 2. The summed E-state index contributed by atoms with van der Waals surface area (Å²) in [6.07, 6.45) is 0. The van der Waals surface area contributed by atoms with Gasteiger partial charge in [0, 0.05) is 31.9 Å². The van der Waals surface area contributed by atoms with Crippen LogP contribution in [-0.4, -0.2) is 43.1 Å². The summed E-state index contributed by atoms with van der Waals surface area (Å²) in [4.78, 5) is 9.11. The Kier molecular flexibility index (Phi) is 2.64. The Balaban J connectivity index is 1.89. The highest BCUT2D eigenvalue weighted by Crippen LogP contribution is 2.28. The number of piperazine rings is 1. The van der Waals surface area contributed by atoms with E-state index < -0.39 is 0 Å². The molecule has 1 aliphatic heterocycles. The SMILES string of the molecule is CN1CCN(c2ccc3sc(N)nc3c2)CC1. The third-order valence-electron chi connectivity index (χ3n) is 3.26. The Morgan fingerprint density at radius 1 is 1.24 bits per heavy atom. The van der Waals surface area contributed by atoms with Gasteiger partial charge in [0.15, 0.2) is 5.13 Å². The molecule has 2 heterocycles. The first-order chi connectivity index (χ1) is 8.22. The molecule has 2 aromatic rings. The smallest absolute Gasteiger partial charge is 0.181 e. The average molecular weight is 248 g/mol. The second-order valence-electron chi connectivity index (χ2n) is 4.49. The molecule has 2 N–H and O–H groups in total. The van der Waals surface area contributed by atoms with Crippen LogP contribution in [0.25, 0.3) is 10.2 Å². The van der Waals surface area contributed by atoms with E-state index in [9.17, 15) is 0 Å². The molecule has 0 bridgehead atoms. The third-order valence-corrected chi connectivity index (χ3v) is 4.12. The van der Waals surface area contributed by atoms with Crippen molar-refractivity contribution in [1.82, 2.24) is 9.88 Å². The van der Waals surface area contributed by atoms with Gasteiger partial charge in [-0.2, -0.15) is 0 Å². The van der Waals surface area contributed by atoms with Gasteiger partial charge in [-0.15, -0.1) is 0 Å². The number of aromatic nitrogens is 1. The van der Waals surface area contributed by atoms with Crippen LogP contribution in [0.5, 0.6) is 0 Å². The molecule has 0 aliphatic carbocycles. The van der Waals surface area contributed by atoms with Gasteiger partial charge in [-0.3, -0.25) is 0 Å². The second kappa shape index (κ2) is 4.16. The maximum absolute atomic E-state index is 5.72. The van der Waals surface area contributed by atoms with E-state index in [0.29, 0.717) is 5.13 Å². The van der Waals surface area contributed by atoms with Gasteiger partial charge >= 0.3 is 0 Å². The predicted molar refractivity (Wildman–Crippen MR) is 73.7 cm³/mol. The molecule has 0 amide bonds. The van der Waals surface area contributed by atoms with Crippen molar-refractivity contribution in [1.29, 1.82) is 0 Å². The van der Waals surface area contributed by atoms with Crippen LogP contribution in [-0.2, 0) is 0 Å². The fraction of sp³-hybridized carbons (Fsp3) is 0.417. The number of hydrogen-bond donors (Lipinski definition) is 1. The first kappa shape index (κ1) is 10.8. The van der Waals surface area contributed by atoms with Gasteiger partial charge in [0.25, 0.3) is 0 Å². The summed E-state index contributed by atoms with van der Waals surface area (Å²) in [5.41, 5.74) is 8.00. The Morgan fingerprint density at radius 2 is 2.00 bits per heavy atom. The molecule has 1 fully saturated rings. The molecule has 17 heavy (non-hydrogen) atoms. The van der Waals surface area contributed by atoms with Crippen LogP contribution < -0.4 is 10.6 Å². The summed E-state index contributed by atoms with van der Waals surface area (Å²) >= 11 is 1.55. The molecule has 5 heteroatoms. The van der Waals surface area contributed by atoms with Crippen molar-refractivity contribution in [2.45, 2.75) is 0 Å². The minimum absolute atomic E-state index is 0.649. The highest BCUT2D eigenvalue weighted by Gasteiger charge is 2.14. The van der Waals surface area contributed by atoms with E-state index >= 15 is 0 Å². The normalized spacial score (nSPS) is 17.8. The lowest BCUT2D eigenvalue weighted by molar-refractivity contribution is 0.313. The van der Waals surface area contributed by atoms with Gasteiger partial charge in [-0.25, -0.2) is 4.98 Å². The van der Waals surface area contributed by atoms with Crippen molar-refractivity contribution < 1.29 is 0 Å². The number of thiazole rings is 1. The topological polar surface area (TPSA) is 45.4 Å². The first-order valence-corrected chi connectivity index (χ1v) is 6.63. The summed E-state index contributed by atoms with van der Waals surface area (Å²) < 4.78 is 1.17. The minimum Gasteiger partial charge on any atom is -0.375 e. The number of fused-ring (bicyclic) bond motifs is 1. The molecule has 0 unspecified atom stereocenters. The van der Waals surface area contributed by atoms with Gasteiger partial charge in [0.1, 0.15) is 0 Å². The van der Waals surface area contributed by atoms with Gasteiger partial charge in [-0.1, -0.05) is 11.3 Å². The Hall–Kier alpha value is -1.33. The Bertz CT molecular complexity index is 528. The third kappa shape index (κ3) is 2.08. The zero-order chi connectivity index (χ0) is 11.8. The van der Waals surface area contributed by atoms with E-state index in [1.165, 1.54) is 10.4 Å². The Morgan fingerprint density at radius 3 is 2.76 bits per heavy atom. The lowest BCUT2D eigenvalue weighted by atomic mass is 10.2. The fourth-order valence-corrected chi connectivity index (χ4v) is 2.91. The molecule has 0 saturated carbocycles. The van der Waals surface area contributed by atoms with Crippen LogP contribution >= 0.6 is 11.3 Å². The zero-order valence-electron chi connectivity index (χ0n) is 9.89. The van der Waals surface area contributed by atoms with Crippen molar-refractivity contribution in [3.63, 3.8) is 0 Å². The van der Waals surface area contributed by atoms with E-state index in [0.717, 1.165) is 31.7 Å². The maximum Gasteiger partial charge on any atom is 0.181 e. The van der Waals surface area contributed by atoms with Crippen LogP contribution in [0.2, 0.25) is 0 Å². The second-order valence-corrected chi connectivity index (χ2v) is 5.56. The number of hydrogen-bond acceptors (Lipinski definition) is 5. The van der Waals surface area contributed by atoms with Crippen molar-refractivity contribution in [3.05, 3.63) is 18.2 Å².